The number of carbonyl (C=O) groups is 1. The maximum Gasteiger partial charge on any atom is 0.226 e. The lowest BCUT2D eigenvalue weighted by atomic mass is 10.0. The Morgan fingerprint density at radius 3 is 2.81 bits per heavy atom. The van der Waals surface area contributed by atoms with E-state index in [2.05, 4.69) is 32.0 Å². The van der Waals surface area contributed by atoms with Gasteiger partial charge in [-0.1, -0.05) is 19.1 Å². The topological polar surface area (TPSA) is 20.3 Å². The fraction of sp³-hybridized carbons (Fsp3) is 0.500. The number of anilines is 1. The van der Waals surface area contributed by atoms with Gasteiger partial charge in [-0.3, -0.25) is 4.79 Å². The van der Waals surface area contributed by atoms with Crippen molar-refractivity contribution in [1.29, 1.82) is 0 Å². The Hall–Kier alpha value is -1.31. The van der Waals surface area contributed by atoms with Crippen molar-refractivity contribution in [2.45, 2.75) is 39.5 Å². The Labute approximate surface area is 97.3 Å². The standard InChI is InChI=1S/C14H19NO/c1-3-12-8-7-11(2)13(10-12)15-9-5-4-6-14(15)16/h7-8,10H,3-6,9H2,1-2H3. The van der Waals surface area contributed by atoms with Gasteiger partial charge < -0.3 is 4.90 Å². The molecule has 1 saturated heterocycles. The Bertz CT molecular complexity index is 398. The van der Waals surface area contributed by atoms with Gasteiger partial charge in [0.1, 0.15) is 0 Å². The first-order valence-electron chi connectivity index (χ1n) is 6.12. The van der Waals surface area contributed by atoms with Gasteiger partial charge in [0.25, 0.3) is 0 Å². The summed E-state index contributed by atoms with van der Waals surface area (Å²) in [6.07, 6.45) is 3.90. The lowest BCUT2D eigenvalue weighted by Crippen LogP contribution is -2.35. The van der Waals surface area contributed by atoms with Crippen LogP contribution in [0.3, 0.4) is 0 Å². The molecule has 0 atom stereocenters. The van der Waals surface area contributed by atoms with Crippen LogP contribution < -0.4 is 4.90 Å². The molecule has 1 amide bonds. The van der Waals surface area contributed by atoms with Crippen molar-refractivity contribution in [2.75, 3.05) is 11.4 Å². The van der Waals surface area contributed by atoms with E-state index in [4.69, 9.17) is 0 Å². The molecule has 0 N–H and O–H groups in total. The summed E-state index contributed by atoms with van der Waals surface area (Å²) < 4.78 is 0. The molecule has 1 fully saturated rings. The normalized spacial score (nSPS) is 16.6. The van der Waals surface area contributed by atoms with Crippen LogP contribution in [0.2, 0.25) is 0 Å². The fourth-order valence-corrected chi connectivity index (χ4v) is 2.23. The van der Waals surface area contributed by atoms with Gasteiger partial charge in [-0.25, -0.2) is 0 Å². The predicted molar refractivity (Wildman–Crippen MR) is 66.8 cm³/mol. The highest BCUT2D eigenvalue weighted by Gasteiger charge is 2.20. The van der Waals surface area contributed by atoms with Crippen LogP contribution >= 0.6 is 0 Å². The number of nitrogens with zero attached hydrogens (tertiary/aromatic N) is 1. The van der Waals surface area contributed by atoms with Crippen molar-refractivity contribution in [1.82, 2.24) is 0 Å². The molecule has 0 aliphatic carbocycles. The van der Waals surface area contributed by atoms with Gasteiger partial charge in [-0.2, -0.15) is 0 Å². The first-order valence-corrected chi connectivity index (χ1v) is 6.12. The first-order chi connectivity index (χ1) is 7.72. The van der Waals surface area contributed by atoms with E-state index in [1.807, 2.05) is 4.90 Å². The van der Waals surface area contributed by atoms with E-state index in [1.54, 1.807) is 0 Å². The maximum atomic E-state index is 11.9. The lowest BCUT2D eigenvalue weighted by Gasteiger charge is -2.28. The average molecular weight is 217 g/mol. The Morgan fingerprint density at radius 1 is 1.31 bits per heavy atom. The highest BCUT2D eigenvalue weighted by molar-refractivity contribution is 5.94. The molecule has 2 nitrogen and oxygen atoms in total. The van der Waals surface area contributed by atoms with E-state index < -0.39 is 0 Å². The van der Waals surface area contributed by atoms with E-state index in [0.29, 0.717) is 6.42 Å². The molecule has 0 saturated carbocycles. The number of aryl methyl sites for hydroxylation is 2. The molecule has 86 valence electrons. The molecule has 0 bridgehead atoms. The number of hydrogen-bond donors (Lipinski definition) is 0. The quantitative estimate of drug-likeness (QED) is 0.745. The lowest BCUT2D eigenvalue weighted by molar-refractivity contribution is -0.119. The van der Waals surface area contributed by atoms with E-state index in [9.17, 15) is 4.79 Å². The molecule has 0 unspecified atom stereocenters. The van der Waals surface area contributed by atoms with Gasteiger partial charge in [-0.05, 0) is 43.4 Å². The van der Waals surface area contributed by atoms with Gasteiger partial charge in [0.15, 0.2) is 0 Å². The van der Waals surface area contributed by atoms with Crippen LogP contribution in [-0.4, -0.2) is 12.5 Å². The molecule has 0 aromatic heterocycles. The first kappa shape index (κ1) is 11.2. The molecule has 1 aliphatic heterocycles. The number of hydrogen-bond acceptors (Lipinski definition) is 1. The summed E-state index contributed by atoms with van der Waals surface area (Å²) in [4.78, 5) is 13.8. The highest BCUT2D eigenvalue weighted by atomic mass is 16.2. The molecule has 16 heavy (non-hydrogen) atoms. The zero-order valence-electron chi connectivity index (χ0n) is 10.1. The van der Waals surface area contributed by atoms with Gasteiger partial charge in [-0.15, -0.1) is 0 Å². The van der Waals surface area contributed by atoms with Crippen LogP contribution in [0.4, 0.5) is 5.69 Å². The Balaban J connectivity index is 2.33. The minimum Gasteiger partial charge on any atom is -0.312 e. The van der Waals surface area contributed by atoms with Crippen LogP contribution in [0.25, 0.3) is 0 Å². The largest absolute Gasteiger partial charge is 0.312 e. The van der Waals surface area contributed by atoms with Gasteiger partial charge in [0.2, 0.25) is 5.91 Å². The number of rotatable bonds is 2. The van der Waals surface area contributed by atoms with Crippen LogP contribution in [0, 0.1) is 6.92 Å². The van der Waals surface area contributed by atoms with E-state index in [0.717, 1.165) is 31.5 Å². The van der Waals surface area contributed by atoms with E-state index >= 15 is 0 Å². The number of benzene rings is 1. The van der Waals surface area contributed by atoms with Crippen molar-refractivity contribution in [2.24, 2.45) is 0 Å². The molecule has 1 heterocycles. The molecule has 2 rings (SSSR count). The molecule has 1 aromatic rings. The highest BCUT2D eigenvalue weighted by Crippen LogP contribution is 2.25. The van der Waals surface area contributed by atoms with Crippen molar-refractivity contribution in [3.05, 3.63) is 29.3 Å². The van der Waals surface area contributed by atoms with Crippen LogP contribution in [0.1, 0.15) is 37.3 Å². The zero-order chi connectivity index (χ0) is 11.5. The summed E-state index contributed by atoms with van der Waals surface area (Å²) in [6.45, 7) is 5.11. The second-order valence-electron chi connectivity index (χ2n) is 4.48. The van der Waals surface area contributed by atoms with Crippen molar-refractivity contribution in [3.8, 4) is 0 Å². The minimum absolute atomic E-state index is 0.280. The summed E-state index contributed by atoms with van der Waals surface area (Å²) in [5.41, 5.74) is 3.62. The van der Waals surface area contributed by atoms with E-state index in [1.165, 1.54) is 11.1 Å². The molecular weight excluding hydrogens is 198 g/mol. The summed E-state index contributed by atoms with van der Waals surface area (Å²) in [6, 6.07) is 6.43. The monoisotopic (exact) mass is 217 g/mol. The summed E-state index contributed by atoms with van der Waals surface area (Å²) in [5, 5.41) is 0. The molecule has 2 heteroatoms. The predicted octanol–water partition coefficient (Wildman–Crippen LogP) is 3.07. The zero-order valence-corrected chi connectivity index (χ0v) is 10.1. The SMILES string of the molecule is CCc1ccc(C)c(N2CCCCC2=O)c1. The molecule has 1 aromatic carbocycles. The molecule has 0 radical (unpaired) electrons. The van der Waals surface area contributed by atoms with Gasteiger partial charge in [0.05, 0.1) is 0 Å². The van der Waals surface area contributed by atoms with Gasteiger partial charge in [0, 0.05) is 18.7 Å². The smallest absolute Gasteiger partial charge is 0.226 e. The number of piperidine rings is 1. The van der Waals surface area contributed by atoms with Crippen molar-refractivity contribution < 1.29 is 4.79 Å². The summed E-state index contributed by atoms with van der Waals surface area (Å²) >= 11 is 0. The fourth-order valence-electron chi connectivity index (χ4n) is 2.23. The third-order valence-electron chi connectivity index (χ3n) is 3.30. The second-order valence-corrected chi connectivity index (χ2v) is 4.48. The number of carbonyl (C=O) groups excluding carboxylic acids is 1. The Morgan fingerprint density at radius 2 is 2.12 bits per heavy atom. The number of amides is 1. The summed E-state index contributed by atoms with van der Waals surface area (Å²) in [7, 11) is 0. The van der Waals surface area contributed by atoms with Crippen molar-refractivity contribution in [3.63, 3.8) is 0 Å². The van der Waals surface area contributed by atoms with Crippen molar-refractivity contribution >= 4 is 11.6 Å². The van der Waals surface area contributed by atoms with Crippen LogP contribution in [0.5, 0.6) is 0 Å². The summed E-state index contributed by atoms with van der Waals surface area (Å²) in [5.74, 6) is 0.280. The second kappa shape index (κ2) is 4.69. The van der Waals surface area contributed by atoms with Gasteiger partial charge >= 0.3 is 0 Å². The average Bonchev–Trinajstić information content (AvgIpc) is 2.31. The van der Waals surface area contributed by atoms with E-state index in [-0.39, 0.29) is 5.91 Å². The minimum atomic E-state index is 0.280. The maximum absolute atomic E-state index is 11.9. The third-order valence-corrected chi connectivity index (χ3v) is 3.30. The molecular formula is C14H19NO. The molecule has 0 spiro atoms. The third kappa shape index (κ3) is 2.11. The molecule has 1 aliphatic rings. The van der Waals surface area contributed by atoms with Crippen LogP contribution in [-0.2, 0) is 11.2 Å². The Kier molecular flexibility index (Phi) is 3.28. The van der Waals surface area contributed by atoms with Crippen LogP contribution in [0.15, 0.2) is 18.2 Å².